The summed E-state index contributed by atoms with van der Waals surface area (Å²) in [7, 11) is -3.72. The summed E-state index contributed by atoms with van der Waals surface area (Å²) in [6.45, 7) is 4.34. The predicted molar refractivity (Wildman–Crippen MR) is 130 cm³/mol. The Balaban J connectivity index is 1.54. The van der Waals surface area contributed by atoms with Crippen LogP contribution in [0, 0.1) is 13.8 Å². The second-order valence-electron chi connectivity index (χ2n) is 8.60. The van der Waals surface area contributed by atoms with Gasteiger partial charge in [0.25, 0.3) is 15.9 Å². The summed E-state index contributed by atoms with van der Waals surface area (Å²) in [4.78, 5) is 19.7. The molecular formula is C26H29N3O3S. The number of benzene rings is 2. The summed E-state index contributed by atoms with van der Waals surface area (Å²) in [6.07, 6.45) is 7.60. The fourth-order valence-electron chi connectivity index (χ4n) is 4.34. The summed E-state index contributed by atoms with van der Waals surface area (Å²) in [5.41, 5.74) is 3.63. The molecule has 2 heterocycles. The van der Waals surface area contributed by atoms with E-state index in [1.165, 1.54) is 0 Å². The van der Waals surface area contributed by atoms with Crippen LogP contribution in [0.3, 0.4) is 0 Å². The number of carbonyl (C=O) groups excluding carboxylic acids is 1. The van der Waals surface area contributed by atoms with Gasteiger partial charge in [0, 0.05) is 30.2 Å². The van der Waals surface area contributed by atoms with Crippen molar-refractivity contribution in [3.63, 3.8) is 0 Å². The number of sulfonamides is 1. The molecule has 1 aliphatic rings. The van der Waals surface area contributed by atoms with Crippen molar-refractivity contribution in [2.75, 3.05) is 11.3 Å². The first-order valence-corrected chi connectivity index (χ1v) is 12.7. The van der Waals surface area contributed by atoms with E-state index in [2.05, 4.69) is 9.71 Å². The van der Waals surface area contributed by atoms with Crippen LogP contribution >= 0.6 is 0 Å². The van der Waals surface area contributed by atoms with E-state index in [4.69, 9.17) is 0 Å². The summed E-state index contributed by atoms with van der Waals surface area (Å²) in [5, 5.41) is 0. The van der Waals surface area contributed by atoms with Crippen LogP contribution in [-0.2, 0) is 10.0 Å². The molecule has 33 heavy (non-hydrogen) atoms. The summed E-state index contributed by atoms with van der Waals surface area (Å²) >= 11 is 0. The maximum Gasteiger partial charge on any atom is 0.262 e. The molecular weight excluding hydrogens is 434 g/mol. The van der Waals surface area contributed by atoms with E-state index in [1.807, 2.05) is 30.0 Å². The Morgan fingerprint density at radius 1 is 0.970 bits per heavy atom. The van der Waals surface area contributed by atoms with Crippen molar-refractivity contribution >= 4 is 21.6 Å². The van der Waals surface area contributed by atoms with E-state index in [-0.39, 0.29) is 16.8 Å². The Morgan fingerprint density at radius 2 is 1.70 bits per heavy atom. The fourth-order valence-corrected chi connectivity index (χ4v) is 5.73. The Labute approximate surface area is 195 Å². The zero-order valence-electron chi connectivity index (χ0n) is 19.0. The topological polar surface area (TPSA) is 79.4 Å². The van der Waals surface area contributed by atoms with Gasteiger partial charge < -0.3 is 4.90 Å². The Hall–Kier alpha value is -3.19. The predicted octanol–water partition coefficient (Wildman–Crippen LogP) is 5.26. The molecule has 1 saturated heterocycles. The quantitative estimate of drug-likeness (QED) is 0.560. The van der Waals surface area contributed by atoms with Crippen molar-refractivity contribution in [3.8, 4) is 0 Å². The number of amides is 1. The summed E-state index contributed by atoms with van der Waals surface area (Å²) < 4.78 is 28.4. The smallest absolute Gasteiger partial charge is 0.262 e. The Bertz CT molecular complexity index is 1230. The molecule has 7 heteroatoms. The second-order valence-corrected chi connectivity index (χ2v) is 10.2. The molecule has 4 rings (SSSR count). The first kappa shape index (κ1) is 23.0. The standard InChI is InChI=1S/C26H29N3O3S/c1-19-7-8-20(2)25(18-19)33(31,32)28-23-11-9-22(10-12-23)26(30)29-17-5-3-4-6-24(29)21-13-15-27-16-14-21/h7-16,18,24,28H,3-6,17H2,1-2H3. The van der Waals surface area contributed by atoms with E-state index < -0.39 is 10.0 Å². The molecule has 1 atom stereocenters. The van der Waals surface area contributed by atoms with Gasteiger partial charge in [-0.1, -0.05) is 25.0 Å². The number of pyridine rings is 1. The highest BCUT2D eigenvalue weighted by atomic mass is 32.2. The van der Waals surface area contributed by atoms with Gasteiger partial charge in [-0.25, -0.2) is 8.42 Å². The SMILES string of the molecule is Cc1ccc(C)c(S(=O)(=O)Nc2ccc(C(=O)N3CCCCCC3c3ccncc3)cc2)c1. The number of aryl methyl sites for hydroxylation is 2. The van der Waals surface area contributed by atoms with Crippen LogP contribution < -0.4 is 4.72 Å². The monoisotopic (exact) mass is 463 g/mol. The molecule has 0 bridgehead atoms. The highest BCUT2D eigenvalue weighted by molar-refractivity contribution is 7.92. The molecule has 6 nitrogen and oxygen atoms in total. The van der Waals surface area contributed by atoms with Gasteiger partial charge in [0.15, 0.2) is 0 Å². The minimum absolute atomic E-state index is 0.0190. The number of carbonyl (C=O) groups is 1. The Kier molecular flexibility index (Phi) is 6.79. The van der Waals surface area contributed by atoms with Crippen LogP contribution in [0.25, 0.3) is 0 Å². The number of rotatable bonds is 5. The number of hydrogen-bond donors (Lipinski definition) is 1. The van der Waals surface area contributed by atoms with E-state index in [0.717, 1.165) is 36.8 Å². The van der Waals surface area contributed by atoms with E-state index in [9.17, 15) is 13.2 Å². The maximum atomic E-state index is 13.4. The van der Waals surface area contributed by atoms with E-state index in [1.54, 1.807) is 55.7 Å². The van der Waals surface area contributed by atoms with Crippen LogP contribution in [0.5, 0.6) is 0 Å². The second kappa shape index (κ2) is 9.75. The van der Waals surface area contributed by atoms with Crippen LogP contribution in [0.1, 0.15) is 58.8 Å². The molecule has 2 aromatic carbocycles. The van der Waals surface area contributed by atoms with Gasteiger partial charge in [-0.15, -0.1) is 0 Å². The zero-order valence-corrected chi connectivity index (χ0v) is 19.8. The van der Waals surface area contributed by atoms with Crippen molar-refractivity contribution in [1.82, 2.24) is 9.88 Å². The third-order valence-corrected chi connectivity index (χ3v) is 7.65. The lowest BCUT2D eigenvalue weighted by Crippen LogP contribution is -2.34. The normalized spacial score (nSPS) is 16.8. The lowest BCUT2D eigenvalue weighted by Gasteiger charge is -2.30. The first-order chi connectivity index (χ1) is 15.8. The molecule has 1 aromatic heterocycles. The maximum absolute atomic E-state index is 13.4. The lowest BCUT2D eigenvalue weighted by atomic mass is 10.0. The molecule has 1 N–H and O–H groups in total. The molecule has 172 valence electrons. The lowest BCUT2D eigenvalue weighted by molar-refractivity contribution is 0.0681. The van der Waals surface area contributed by atoms with Gasteiger partial charge in [-0.2, -0.15) is 0 Å². The van der Waals surface area contributed by atoms with Gasteiger partial charge in [-0.3, -0.25) is 14.5 Å². The summed E-state index contributed by atoms with van der Waals surface area (Å²) in [5.74, 6) is -0.0392. The van der Waals surface area contributed by atoms with Crippen LogP contribution in [-0.4, -0.2) is 30.8 Å². The Morgan fingerprint density at radius 3 is 2.42 bits per heavy atom. The molecule has 0 aliphatic carbocycles. The van der Waals surface area contributed by atoms with Crippen molar-refractivity contribution in [2.45, 2.75) is 50.5 Å². The highest BCUT2D eigenvalue weighted by Crippen LogP contribution is 2.31. The first-order valence-electron chi connectivity index (χ1n) is 11.3. The fraction of sp³-hybridized carbons (Fsp3) is 0.308. The van der Waals surface area contributed by atoms with Gasteiger partial charge >= 0.3 is 0 Å². The van der Waals surface area contributed by atoms with Gasteiger partial charge in [-0.05, 0) is 85.8 Å². The van der Waals surface area contributed by atoms with Gasteiger partial charge in [0.1, 0.15) is 0 Å². The number of hydrogen-bond acceptors (Lipinski definition) is 4. The van der Waals surface area contributed by atoms with E-state index >= 15 is 0 Å². The molecule has 1 unspecified atom stereocenters. The molecule has 1 fully saturated rings. The number of nitrogens with one attached hydrogen (secondary N) is 1. The number of aromatic nitrogens is 1. The minimum atomic E-state index is -3.72. The molecule has 0 spiro atoms. The summed E-state index contributed by atoms with van der Waals surface area (Å²) in [6, 6.07) is 16.0. The molecule has 1 aliphatic heterocycles. The number of nitrogens with zero attached hydrogens (tertiary/aromatic N) is 2. The number of anilines is 1. The minimum Gasteiger partial charge on any atom is -0.332 e. The molecule has 3 aromatic rings. The van der Waals surface area contributed by atoms with Crippen LogP contribution in [0.15, 0.2) is 71.9 Å². The van der Waals surface area contributed by atoms with Gasteiger partial charge in [0.2, 0.25) is 0 Å². The van der Waals surface area contributed by atoms with Crippen molar-refractivity contribution in [2.24, 2.45) is 0 Å². The molecule has 0 radical (unpaired) electrons. The van der Waals surface area contributed by atoms with Crippen LogP contribution in [0.2, 0.25) is 0 Å². The average molecular weight is 464 g/mol. The van der Waals surface area contributed by atoms with Crippen LogP contribution in [0.4, 0.5) is 5.69 Å². The molecule has 1 amide bonds. The zero-order chi connectivity index (χ0) is 23.4. The third-order valence-electron chi connectivity index (χ3n) is 6.12. The van der Waals surface area contributed by atoms with Crippen molar-refractivity contribution in [3.05, 3.63) is 89.2 Å². The average Bonchev–Trinajstić information content (AvgIpc) is 3.07. The van der Waals surface area contributed by atoms with Crippen molar-refractivity contribution in [1.29, 1.82) is 0 Å². The third kappa shape index (κ3) is 5.25. The largest absolute Gasteiger partial charge is 0.332 e. The number of likely N-dealkylation sites (tertiary alicyclic amines) is 1. The highest BCUT2D eigenvalue weighted by Gasteiger charge is 2.27. The van der Waals surface area contributed by atoms with E-state index in [0.29, 0.717) is 23.4 Å². The van der Waals surface area contributed by atoms with Gasteiger partial charge in [0.05, 0.1) is 10.9 Å². The molecule has 0 saturated carbocycles. The van der Waals surface area contributed by atoms with Crippen molar-refractivity contribution < 1.29 is 13.2 Å².